The Kier molecular flexibility index (Phi) is 4.16. The smallest absolute Gasteiger partial charge is 0.173 e. The lowest BCUT2D eigenvalue weighted by molar-refractivity contribution is 0.318. The molecule has 0 spiro atoms. The number of rotatable bonds is 4. The first-order valence-electron chi connectivity index (χ1n) is 6.03. The number of amidine groups is 1. The van der Waals surface area contributed by atoms with Gasteiger partial charge in [0.25, 0.3) is 0 Å². The van der Waals surface area contributed by atoms with Crippen LogP contribution in [-0.2, 0) is 0 Å². The molecule has 1 aromatic rings. The lowest BCUT2D eigenvalue weighted by atomic mass is 9.99. The van der Waals surface area contributed by atoms with Gasteiger partial charge in [0.05, 0.1) is 5.56 Å². The van der Waals surface area contributed by atoms with Gasteiger partial charge in [-0.25, -0.2) is 4.98 Å². The monoisotopic (exact) mass is 250 g/mol. The molecular weight excluding hydrogens is 228 g/mol. The van der Waals surface area contributed by atoms with E-state index in [4.69, 9.17) is 10.9 Å². The quantitative estimate of drug-likeness (QED) is 0.371. The van der Waals surface area contributed by atoms with E-state index in [1.54, 1.807) is 0 Å². The van der Waals surface area contributed by atoms with Gasteiger partial charge in [-0.2, -0.15) is 0 Å². The van der Waals surface area contributed by atoms with E-state index in [9.17, 15) is 0 Å². The minimum Gasteiger partial charge on any atom is -0.409 e. The summed E-state index contributed by atoms with van der Waals surface area (Å²) < 4.78 is 0. The van der Waals surface area contributed by atoms with Crippen LogP contribution < -0.4 is 10.6 Å². The van der Waals surface area contributed by atoms with Crippen LogP contribution in [0.3, 0.4) is 0 Å². The molecule has 100 valence electrons. The molecule has 5 nitrogen and oxygen atoms in total. The van der Waals surface area contributed by atoms with E-state index in [2.05, 4.69) is 35.8 Å². The normalized spacial score (nSPS) is 12.6. The van der Waals surface area contributed by atoms with Crippen LogP contribution >= 0.6 is 0 Å². The van der Waals surface area contributed by atoms with E-state index in [0.29, 0.717) is 5.56 Å². The third-order valence-corrected chi connectivity index (χ3v) is 3.49. The summed E-state index contributed by atoms with van der Waals surface area (Å²) in [6.07, 6.45) is 0.967. The highest BCUT2D eigenvalue weighted by molar-refractivity contribution is 6.01. The van der Waals surface area contributed by atoms with Crippen molar-refractivity contribution in [2.24, 2.45) is 10.9 Å². The zero-order valence-electron chi connectivity index (χ0n) is 11.7. The molecule has 0 aliphatic heterocycles. The van der Waals surface area contributed by atoms with Crippen LogP contribution in [0, 0.1) is 6.92 Å². The second-order valence-corrected chi connectivity index (χ2v) is 5.03. The van der Waals surface area contributed by atoms with Gasteiger partial charge in [0, 0.05) is 18.3 Å². The van der Waals surface area contributed by atoms with Gasteiger partial charge in [-0.3, -0.25) is 0 Å². The molecule has 0 saturated heterocycles. The van der Waals surface area contributed by atoms with Crippen LogP contribution in [0.15, 0.2) is 17.3 Å². The summed E-state index contributed by atoms with van der Waals surface area (Å²) in [6, 6.07) is 3.68. The number of aryl methyl sites for hydroxylation is 1. The molecule has 0 radical (unpaired) electrons. The summed E-state index contributed by atoms with van der Waals surface area (Å²) in [7, 11) is 1.97. The maximum atomic E-state index is 8.84. The third-order valence-electron chi connectivity index (χ3n) is 3.49. The number of pyridine rings is 1. The molecule has 1 aromatic heterocycles. The largest absolute Gasteiger partial charge is 0.409 e. The number of nitrogens with two attached hydrogens (primary N) is 1. The molecule has 0 fully saturated rings. The van der Waals surface area contributed by atoms with Crippen LogP contribution in [-0.4, -0.2) is 28.6 Å². The Morgan fingerprint density at radius 3 is 2.61 bits per heavy atom. The first-order chi connectivity index (χ1) is 8.33. The van der Waals surface area contributed by atoms with Gasteiger partial charge in [0.1, 0.15) is 5.82 Å². The highest BCUT2D eigenvalue weighted by atomic mass is 16.4. The van der Waals surface area contributed by atoms with Crippen LogP contribution in [0.4, 0.5) is 5.82 Å². The molecule has 0 aromatic carbocycles. The van der Waals surface area contributed by atoms with Crippen molar-refractivity contribution >= 4 is 11.7 Å². The zero-order valence-corrected chi connectivity index (χ0v) is 11.7. The topological polar surface area (TPSA) is 74.7 Å². The lowest BCUT2D eigenvalue weighted by Gasteiger charge is -2.36. The van der Waals surface area contributed by atoms with Crippen molar-refractivity contribution in [3.63, 3.8) is 0 Å². The van der Waals surface area contributed by atoms with E-state index >= 15 is 0 Å². The number of nitrogens with zero attached hydrogens (tertiary/aromatic N) is 3. The molecule has 0 aliphatic rings. The summed E-state index contributed by atoms with van der Waals surface area (Å²) in [5, 5.41) is 11.9. The average Bonchev–Trinajstić information content (AvgIpc) is 2.36. The number of hydrogen-bond acceptors (Lipinski definition) is 4. The summed E-state index contributed by atoms with van der Waals surface area (Å²) >= 11 is 0. The molecule has 5 heteroatoms. The van der Waals surface area contributed by atoms with E-state index < -0.39 is 0 Å². The van der Waals surface area contributed by atoms with E-state index in [1.807, 2.05) is 26.1 Å². The number of aromatic nitrogens is 1. The van der Waals surface area contributed by atoms with Gasteiger partial charge < -0.3 is 15.8 Å². The SMILES string of the molecule is CCC(C)(C)N(C)c1nc(C)ccc1C(N)=NO. The standard InChI is InChI=1S/C13H22N4O/c1-6-13(3,4)17(5)12-10(11(14)16-18)8-7-9(2)15-12/h7-8,18H,6H2,1-5H3,(H2,14,16). The predicted octanol–water partition coefficient (Wildman–Crippen LogP) is 2.11. The van der Waals surface area contributed by atoms with Gasteiger partial charge in [0.15, 0.2) is 5.84 Å². The molecule has 1 heterocycles. The minimum absolute atomic E-state index is 0.0503. The van der Waals surface area contributed by atoms with Gasteiger partial charge in [-0.1, -0.05) is 12.1 Å². The van der Waals surface area contributed by atoms with Crippen molar-refractivity contribution in [1.29, 1.82) is 0 Å². The Labute approximate surface area is 108 Å². The Morgan fingerprint density at radius 1 is 1.50 bits per heavy atom. The molecule has 0 bridgehead atoms. The molecule has 0 unspecified atom stereocenters. The van der Waals surface area contributed by atoms with Gasteiger partial charge in [-0.05, 0) is 39.3 Å². The fourth-order valence-electron chi connectivity index (χ4n) is 1.58. The molecule has 3 N–H and O–H groups in total. The fraction of sp³-hybridized carbons (Fsp3) is 0.538. The van der Waals surface area contributed by atoms with Crippen LogP contribution in [0.5, 0.6) is 0 Å². The van der Waals surface area contributed by atoms with Gasteiger partial charge >= 0.3 is 0 Å². The van der Waals surface area contributed by atoms with Crippen LogP contribution in [0.25, 0.3) is 0 Å². The molecule has 0 amide bonds. The first-order valence-corrected chi connectivity index (χ1v) is 6.03. The van der Waals surface area contributed by atoms with Crippen molar-refractivity contribution in [2.75, 3.05) is 11.9 Å². The van der Waals surface area contributed by atoms with E-state index in [-0.39, 0.29) is 11.4 Å². The molecule has 0 aliphatic carbocycles. The lowest BCUT2D eigenvalue weighted by Crippen LogP contribution is -2.42. The molecule has 18 heavy (non-hydrogen) atoms. The summed E-state index contributed by atoms with van der Waals surface area (Å²) in [5.41, 5.74) is 7.20. The van der Waals surface area contributed by atoms with Crippen LogP contribution in [0.2, 0.25) is 0 Å². The molecular formula is C13H22N4O. The number of hydrogen-bond donors (Lipinski definition) is 2. The summed E-state index contributed by atoms with van der Waals surface area (Å²) in [5.74, 6) is 0.813. The van der Waals surface area contributed by atoms with Crippen molar-refractivity contribution in [3.8, 4) is 0 Å². The van der Waals surface area contributed by atoms with Crippen molar-refractivity contribution in [3.05, 3.63) is 23.4 Å². The summed E-state index contributed by atoms with van der Waals surface area (Å²) in [4.78, 5) is 6.57. The average molecular weight is 250 g/mol. The minimum atomic E-state index is -0.0503. The Bertz CT molecular complexity index is 454. The van der Waals surface area contributed by atoms with Crippen molar-refractivity contribution < 1.29 is 5.21 Å². The van der Waals surface area contributed by atoms with Gasteiger partial charge in [0.2, 0.25) is 0 Å². The van der Waals surface area contributed by atoms with Crippen molar-refractivity contribution in [1.82, 2.24) is 4.98 Å². The number of anilines is 1. The second-order valence-electron chi connectivity index (χ2n) is 5.03. The molecule has 1 rings (SSSR count). The molecule has 0 saturated carbocycles. The highest BCUT2D eigenvalue weighted by Crippen LogP contribution is 2.26. The third kappa shape index (κ3) is 2.72. The predicted molar refractivity (Wildman–Crippen MR) is 74.3 cm³/mol. The Morgan fingerprint density at radius 2 is 2.11 bits per heavy atom. The fourth-order valence-corrected chi connectivity index (χ4v) is 1.58. The number of oxime groups is 1. The first kappa shape index (κ1) is 14.3. The maximum absolute atomic E-state index is 8.84. The Balaban J connectivity index is 3.34. The summed E-state index contributed by atoms with van der Waals surface area (Å²) in [6.45, 7) is 8.31. The van der Waals surface area contributed by atoms with Gasteiger partial charge in [-0.15, -0.1) is 0 Å². The van der Waals surface area contributed by atoms with E-state index in [0.717, 1.165) is 17.9 Å². The van der Waals surface area contributed by atoms with Crippen molar-refractivity contribution in [2.45, 2.75) is 39.7 Å². The van der Waals surface area contributed by atoms with E-state index in [1.165, 1.54) is 0 Å². The molecule has 0 atom stereocenters. The maximum Gasteiger partial charge on any atom is 0.173 e. The Hall–Kier alpha value is -1.78. The highest BCUT2D eigenvalue weighted by Gasteiger charge is 2.25. The zero-order chi connectivity index (χ0) is 13.9. The second kappa shape index (κ2) is 5.25. The van der Waals surface area contributed by atoms with Crippen LogP contribution in [0.1, 0.15) is 38.4 Å².